The molecule has 0 heterocycles. The molecule has 0 aromatic rings. The van der Waals surface area contributed by atoms with Gasteiger partial charge in [0.25, 0.3) is 0 Å². The molecule has 0 amide bonds. The Kier molecular flexibility index (Phi) is 5.52. The Bertz CT molecular complexity index is 220. The van der Waals surface area contributed by atoms with E-state index >= 15 is 0 Å². The number of carbonyl (C=O) groups excluding carboxylic acids is 1. The normalized spacial score (nSPS) is 10.2. The van der Waals surface area contributed by atoms with Crippen molar-refractivity contribution >= 4 is 17.6 Å². The van der Waals surface area contributed by atoms with Crippen LogP contribution in [0.1, 0.15) is 27.2 Å². The van der Waals surface area contributed by atoms with E-state index in [0.29, 0.717) is 12.3 Å². The molecule has 0 atom stereocenters. The molecule has 13 heavy (non-hydrogen) atoms. The zero-order valence-electron chi connectivity index (χ0n) is 8.26. The zero-order valence-corrected chi connectivity index (χ0v) is 9.02. The second-order valence-corrected chi connectivity index (χ2v) is 3.90. The number of ether oxygens (including phenoxy) is 1. The highest BCUT2D eigenvalue weighted by Crippen LogP contribution is 2.06. The molecule has 0 aromatic heterocycles. The number of rotatable bonds is 3. The van der Waals surface area contributed by atoms with Crippen molar-refractivity contribution in [2.75, 3.05) is 5.88 Å². The number of carbonyl (C=O) groups is 1. The summed E-state index contributed by atoms with van der Waals surface area (Å²) in [5.74, 6) is 0.160. The SMILES string of the molecule is CC(C)(C)OC(=O)C=C=CCCCl. The van der Waals surface area contributed by atoms with Crippen molar-refractivity contribution in [3.63, 3.8) is 0 Å². The van der Waals surface area contributed by atoms with Crippen molar-refractivity contribution in [1.82, 2.24) is 0 Å². The van der Waals surface area contributed by atoms with Gasteiger partial charge in [0.2, 0.25) is 0 Å². The van der Waals surface area contributed by atoms with E-state index in [2.05, 4.69) is 5.73 Å². The summed E-state index contributed by atoms with van der Waals surface area (Å²) in [5, 5.41) is 0. The quantitative estimate of drug-likeness (QED) is 0.305. The fourth-order valence-corrected chi connectivity index (χ4v) is 0.705. The summed E-state index contributed by atoms with van der Waals surface area (Å²) in [7, 11) is 0. The van der Waals surface area contributed by atoms with Gasteiger partial charge in [-0.25, -0.2) is 4.79 Å². The van der Waals surface area contributed by atoms with Crippen LogP contribution in [0, 0.1) is 0 Å². The van der Waals surface area contributed by atoms with Crippen LogP contribution in [-0.2, 0) is 9.53 Å². The van der Waals surface area contributed by atoms with E-state index in [0.717, 1.165) is 0 Å². The fourth-order valence-electron chi connectivity index (χ4n) is 0.596. The van der Waals surface area contributed by atoms with Crippen molar-refractivity contribution in [2.24, 2.45) is 0 Å². The van der Waals surface area contributed by atoms with Gasteiger partial charge in [-0.15, -0.1) is 17.3 Å². The molecule has 0 rings (SSSR count). The zero-order chi connectivity index (χ0) is 10.3. The number of alkyl halides is 1. The molecular formula is C10H15ClO2. The van der Waals surface area contributed by atoms with Crippen molar-refractivity contribution in [3.05, 3.63) is 17.9 Å². The Morgan fingerprint density at radius 2 is 2.15 bits per heavy atom. The van der Waals surface area contributed by atoms with Gasteiger partial charge >= 0.3 is 5.97 Å². The van der Waals surface area contributed by atoms with Gasteiger partial charge in [-0.1, -0.05) is 0 Å². The lowest BCUT2D eigenvalue weighted by Crippen LogP contribution is -2.22. The number of esters is 1. The molecule has 2 nitrogen and oxygen atoms in total. The highest BCUT2D eigenvalue weighted by atomic mass is 35.5. The lowest BCUT2D eigenvalue weighted by molar-refractivity contribution is -0.148. The molecule has 0 spiro atoms. The van der Waals surface area contributed by atoms with Crippen LogP contribution in [-0.4, -0.2) is 17.5 Å². The van der Waals surface area contributed by atoms with Crippen LogP contribution >= 0.6 is 11.6 Å². The topological polar surface area (TPSA) is 26.3 Å². The first-order chi connectivity index (χ1) is 5.95. The summed E-state index contributed by atoms with van der Waals surface area (Å²) in [6.07, 6.45) is 3.69. The molecule has 0 aliphatic heterocycles. The minimum absolute atomic E-state index is 0.377. The van der Waals surface area contributed by atoms with Crippen molar-refractivity contribution < 1.29 is 9.53 Å². The molecule has 0 bridgehead atoms. The molecule has 0 radical (unpaired) electrons. The molecule has 0 aromatic carbocycles. The summed E-state index contributed by atoms with van der Waals surface area (Å²) in [4.78, 5) is 11.0. The second-order valence-electron chi connectivity index (χ2n) is 3.53. The average Bonchev–Trinajstić information content (AvgIpc) is 1.94. The lowest BCUT2D eigenvalue weighted by atomic mass is 10.2. The molecule has 0 N–H and O–H groups in total. The molecule has 0 aliphatic carbocycles. The van der Waals surface area contributed by atoms with Crippen molar-refractivity contribution in [1.29, 1.82) is 0 Å². The molecule has 0 fully saturated rings. The summed E-state index contributed by atoms with van der Waals surface area (Å²) in [6, 6.07) is 0. The van der Waals surface area contributed by atoms with Gasteiger partial charge in [-0.05, 0) is 33.3 Å². The minimum Gasteiger partial charge on any atom is -0.456 e. The maximum Gasteiger partial charge on any atom is 0.339 e. The highest BCUT2D eigenvalue weighted by molar-refractivity contribution is 6.17. The highest BCUT2D eigenvalue weighted by Gasteiger charge is 2.13. The maximum atomic E-state index is 11.0. The second kappa shape index (κ2) is 5.85. The largest absolute Gasteiger partial charge is 0.456 e. The van der Waals surface area contributed by atoms with Gasteiger partial charge < -0.3 is 4.74 Å². The summed E-state index contributed by atoms with van der Waals surface area (Å²) >= 11 is 5.42. The summed E-state index contributed by atoms with van der Waals surface area (Å²) in [6.45, 7) is 5.46. The van der Waals surface area contributed by atoms with Crippen molar-refractivity contribution in [2.45, 2.75) is 32.8 Å². The van der Waals surface area contributed by atoms with Gasteiger partial charge in [0.05, 0.1) is 6.08 Å². The van der Waals surface area contributed by atoms with Crippen LogP contribution in [0.25, 0.3) is 0 Å². The van der Waals surface area contributed by atoms with E-state index in [1.54, 1.807) is 6.08 Å². The van der Waals surface area contributed by atoms with Gasteiger partial charge in [0, 0.05) is 5.88 Å². The number of hydrogen-bond donors (Lipinski definition) is 0. The first kappa shape index (κ1) is 12.3. The van der Waals surface area contributed by atoms with Gasteiger partial charge in [0.1, 0.15) is 5.60 Å². The summed E-state index contributed by atoms with van der Waals surface area (Å²) in [5.41, 5.74) is 2.26. The Morgan fingerprint density at radius 3 is 2.62 bits per heavy atom. The first-order valence-electron chi connectivity index (χ1n) is 4.15. The Balaban J connectivity index is 3.94. The third-order valence-electron chi connectivity index (χ3n) is 0.979. The first-order valence-corrected chi connectivity index (χ1v) is 4.69. The van der Waals surface area contributed by atoms with E-state index in [-0.39, 0.29) is 5.97 Å². The van der Waals surface area contributed by atoms with Crippen LogP contribution in [0.15, 0.2) is 17.9 Å². The van der Waals surface area contributed by atoms with E-state index in [1.807, 2.05) is 20.8 Å². The monoisotopic (exact) mass is 202 g/mol. The standard InChI is InChI=1S/C10H15ClO2/c1-10(2,3)13-9(12)7-5-4-6-8-11/h4,7H,6,8H2,1-3H3. The Hall–Kier alpha value is -0.720. The van der Waals surface area contributed by atoms with E-state index in [1.165, 1.54) is 6.08 Å². The van der Waals surface area contributed by atoms with Crippen molar-refractivity contribution in [3.8, 4) is 0 Å². The Labute approximate surface area is 84.2 Å². The predicted octanol–water partition coefficient (Wildman–Crippen LogP) is 2.67. The number of hydrogen-bond acceptors (Lipinski definition) is 2. The molecular weight excluding hydrogens is 188 g/mol. The van der Waals surface area contributed by atoms with E-state index in [9.17, 15) is 4.79 Å². The minimum atomic E-state index is -0.443. The predicted molar refractivity (Wildman–Crippen MR) is 53.8 cm³/mol. The maximum absolute atomic E-state index is 11.0. The molecule has 0 saturated heterocycles. The smallest absolute Gasteiger partial charge is 0.339 e. The van der Waals surface area contributed by atoms with E-state index < -0.39 is 5.60 Å². The van der Waals surface area contributed by atoms with Gasteiger partial charge in [-0.2, -0.15) is 0 Å². The molecule has 3 heteroatoms. The Morgan fingerprint density at radius 1 is 1.54 bits per heavy atom. The molecule has 74 valence electrons. The average molecular weight is 203 g/mol. The molecule has 0 aliphatic rings. The molecule has 0 saturated carbocycles. The van der Waals surface area contributed by atoms with Crippen LogP contribution in [0.5, 0.6) is 0 Å². The molecule has 0 unspecified atom stereocenters. The van der Waals surface area contributed by atoms with Gasteiger partial charge in [0.15, 0.2) is 0 Å². The van der Waals surface area contributed by atoms with Crippen LogP contribution in [0.4, 0.5) is 0 Å². The van der Waals surface area contributed by atoms with E-state index in [4.69, 9.17) is 16.3 Å². The van der Waals surface area contributed by atoms with Crippen LogP contribution < -0.4 is 0 Å². The number of halogens is 1. The third kappa shape index (κ3) is 9.19. The summed E-state index contributed by atoms with van der Waals surface area (Å²) < 4.78 is 5.01. The lowest BCUT2D eigenvalue weighted by Gasteiger charge is -2.17. The van der Waals surface area contributed by atoms with Crippen LogP contribution in [0.3, 0.4) is 0 Å². The van der Waals surface area contributed by atoms with Crippen LogP contribution in [0.2, 0.25) is 0 Å². The third-order valence-corrected chi connectivity index (χ3v) is 1.20. The van der Waals surface area contributed by atoms with Gasteiger partial charge in [-0.3, -0.25) is 0 Å². The fraction of sp³-hybridized carbons (Fsp3) is 0.600.